The second-order valence-electron chi connectivity index (χ2n) is 4.03. The molecule has 98 valence electrons. The average Bonchev–Trinajstić information content (AvgIpc) is 2.60. The molecule has 0 spiro atoms. The number of hydrogen-bond acceptors (Lipinski definition) is 4. The van der Waals surface area contributed by atoms with Gasteiger partial charge in [-0.1, -0.05) is 6.07 Å². The van der Waals surface area contributed by atoms with Crippen LogP contribution in [0.4, 0.5) is 10.1 Å². The number of rotatable bonds is 2. The number of carbonyl (C=O) groups is 1. The van der Waals surface area contributed by atoms with Crippen molar-refractivity contribution >= 4 is 21.6 Å². The number of amides is 1. The van der Waals surface area contributed by atoms with Gasteiger partial charge in [0.05, 0.1) is 0 Å². The molecule has 1 fully saturated rings. The Balaban J connectivity index is 2.39. The van der Waals surface area contributed by atoms with E-state index >= 15 is 0 Å². The first-order valence-corrected chi connectivity index (χ1v) is 6.71. The molecule has 1 heterocycles. The van der Waals surface area contributed by atoms with Crippen molar-refractivity contribution in [2.75, 3.05) is 11.4 Å². The molecule has 1 saturated heterocycles. The van der Waals surface area contributed by atoms with Crippen molar-refractivity contribution in [1.29, 1.82) is 0 Å². The van der Waals surface area contributed by atoms with Crippen molar-refractivity contribution in [2.24, 2.45) is 5.14 Å². The average molecular weight is 274 g/mol. The zero-order valence-corrected chi connectivity index (χ0v) is 10.0. The predicted octanol–water partition coefficient (Wildman–Crippen LogP) is -0.0749. The zero-order valence-electron chi connectivity index (χ0n) is 9.21. The maximum absolute atomic E-state index is 13.6. The lowest BCUT2D eigenvalue weighted by Crippen LogP contribution is -2.32. The van der Waals surface area contributed by atoms with Gasteiger partial charge < -0.3 is 10.0 Å². The summed E-state index contributed by atoms with van der Waals surface area (Å²) in [6.07, 6.45) is -0.313. The standard InChI is InChI=1S/C10H11FN2O4S/c11-7-2-1-3-8(14)10(7)13-5-6(4-9(13)15)18(12,16)17/h1-3,6,14H,4-5H2,(H2,12,16,17). The summed E-state index contributed by atoms with van der Waals surface area (Å²) < 4.78 is 35.9. The number of sulfonamides is 1. The van der Waals surface area contributed by atoms with E-state index in [9.17, 15) is 22.7 Å². The van der Waals surface area contributed by atoms with E-state index in [1.54, 1.807) is 0 Å². The predicted molar refractivity (Wildman–Crippen MR) is 61.9 cm³/mol. The van der Waals surface area contributed by atoms with E-state index in [1.807, 2.05) is 0 Å². The Labute approximate surface area is 103 Å². The third-order valence-corrected chi connectivity index (χ3v) is 4.03. The number of primary sulfonamides is 1. The van der Waals surface area contributed by atoms with Gasteiger partial charge in [-0.05, 0) is 12.1 Å². The zero-order chi connectivity index (χ0) is 13.5. The van der Waals surface area contributed by atoms with Gasteiger partial charge in [-0.25, -0.2) is 17.9 Å². The fourth-order valence-corrected chi connectivity index (χ4v) is 2.61. The number of carbonyl (C=O) groups excluding carboxylic acids is 1. The molecule has 0 aliphatic carbocycles. The van der Waals surface area contributed by atoms with Gasteiger partial charge in [-0.3, -0.25) is 4.79 Å². The third kappa shape index (κ3) is 2.16. The summed E-state index contributed by atoms with van der Waals surface area (Å²) in [4.78, 5) is 12.6. The number of halogens is 1. The molecule has 2 rings (SSSR count). The Morgan fingerprint density at radius 2 is 2.11 bits per heavy atom. The molecule has 1 aromatic carbocycles. The second kappa shape index (κ2) is 4.21. The topological polar surface area (TPSA) is 101 Å². The Kier molecular flexibility index (Phi) is 2.99. The lowest BCUT2D eigenvalue weighted by molar-refractivity contribution is -0.117. The van der Waals surface area contributed by atoms with E-state index in [1.165, 1.54) is 12.1 Å². The maximum Gasteiger partial charge on any atom is 0.228 e. The molecular formula is C10H11FN2O4S. The van der Waals surface area contributed by atoms with E-state index in [2.05, 4.69) is 0 Å². The van der Waals surface area contributed by atoms with E-state index in [0.717, 1.165) is 11.0 Å². The number of benzene rings is 1. The number of nitrogens with zero attached hydrogens (tertiary/aromatic N) is 1. The van der Waals surface area contributed by atoms with Crippen LogP contribution in [0.25, 0.3) is 0 Å². The quantitative estimate of drug-likeness (QED) is 0.788. The van der Waals surface area contributed by atoms with Gasteiger partial charge in [0.2, 0.25) is 15.9 Å². The number of anilines is 1. The normalized spacial score (nSPS) is 20.4. The number of phenolic OH excluding ortho intramolecular Hbond substituents is 1. The van der Waals surface area contributed by atoms with Crippen LogP contribution in [0.5, 0.6) is 5.75 Å². The third-order valence-electron chi connectivity index (χ3n) is 2.79. The van der Waals surface area contributed by atoms with Crippen LogP contribution in [0.3, 0.4) is 0 Å². The van der Waals surface area contributed by atoms with E-state index in [-0.39, 0.29) is 18.7 Å². The fraction of sp³-hybridized carbons (Fsp3) is 0.300. The molecule has 1 atom stereocenters. The summed E-state index contributed by atoms with van der Waals surface area (Å²) in [5, 5.41) is 13.4. The van der Waals surface area contributed by atoms with Crippen molar-refractivity contribution in [3.63, 3.8) is 0 Å². The van der Waals surface area contributed by atoms with Crippen molar-refractivity contribution < 1.29 is 22.7 Å². The molecule has 18 heavy (non-hydrogen) atoms. The lowest BCUT2D eigenvalue weighted by Gasteiger charge is -2.18. The molecular weight excluding hydrogens is 263 g/mol. The maximum atomic E-state index is 13.6. The van der Waals surface area contributed by atoms with Crippen molar-refractivity contribution in [3.8, 4) is 5.75 Å². The minimum Gasteiger partial charge on any atom is -0.506 e. The van der Waals surface area contributed by atoms with Gasteiger partial charge in [0.15, 0.2) is 5.82 Å². The van der Waals surface area contributed by atoms with Crippen LogP contribution in [-0.2, 0) is 14.8 Å². The number of phenols is 1. The Morgan fingerprint density at radius 3 is 2.61 bits per heavy atom. The first-order chi connectivity index (χ1) is 8.30. The van der Waals surface area contributed by atoms with Crippen molar-refractivity contribution in [3.05, 3.63) is 24.0 Å². The summed E-state index contributed by atoms with van der Waals surface area (Å²) in [7, 11) is -3.87. The van der Waals surface area contributed by atoms with E-state index < -0.39 is 32.7 Å². The van der Waals surface area contributed by atoms with Crippen LogP contribution < -0.4 is 10.0 Å². The Hall–Kier alpha value is -1.67. The summed E-state index contributed by atoms with van der Waals surface area (Å²) in [6.45, 7) is -0.258. The molecule has 0 bridgehead atoms. The Bertz CT molecular complexity index is 582. The molecule has 8 heteroatoms. The molecule has 6 nitrogen and oxygen atoms in total. The van der Waals surface area contributed by atoms with E-state index in [0.29, 0.717) is 0 Å². The number of para-hydroxylation sites is 1. The number of aromatic hydroxyl groups is 1. The van der Waals surface area contributed by atoms with Gasteiger partial charge in [-0.2, -0.15) is 0 Å². The molecule has 1 aliphatic rings. The Morgan fingerprint density at radius 1 is 1.44 bits per heavy atom. The summed E-state index contributed by atoms with van der Waals surface area (Å²) >= 11 is 0. The highest BCUT2D eigenvalue weighted by Crippen LogP contribution is 2.33. The molecule has 0 aromatic heterocycles. The van der Waals surface area contributed by atoms with Crippen LogP contribution in [0.1, 0.15) is 6.42 Å². The van der Waals surface area contributed by atoms with Gasteiger partial charge >= 0.3 is 0 Å². The summed E-state index contributed by atoms with van der Waals surface area (Å²) in [5.41, 5.74) is -0.311. The van der Waals surface area contributed by atoms with Crippen LogP contribution in [0.2, 0.25) is 0 Å². The first-order valence-electron chi connectivity index (χ1n) is 5.10. The minimum absolute atomic E-state index is 0.258. The van der Waals surface area contributed by atoms with Gasteiger partial charge in [0.25, 0.3) is 0 Å². The van der Waals surface area contributed by atoms with Crippen molar-refractivity contribution in [1.82, 2.24) is 0 Å². The molecule has 1 unspecified atom stereocenters. The highest BCUT2D eigenvalue weighted by atomic mass is 32.2. The molecule has 1 aliphatic heterocycles. The SMILES string of the molecule is NS(=O)(=O)C1CC(=O)N(c2c(O)cccc2F)C1. The highest BCUT2D eigenvalue weighted by Gasteiger charge is 2.39. The smallest absolute Gasteiger partial charge is 0.228 e. The monoisotopic (exact) mass is 274 g/mol. The largest absolute Gasteiger partial charge is 0.506 e. The van der Waals surface area contributed by atoms with E-state index in [4.69, 9.17) is 5.14 Å². The van der Waals surface area contributed by atoms with Crippen LogP contribution in [0.15, 0.2) is 18.2 Å². The number of hydrogen-bond donors (Lipinski definition) is 2. The van der Waals surface area contributed by atoms with Crippen LogP contribution in [-0.4, -0.2) is 31.2 Å². The lowest BCUT2D eigenvalue weighted by atomic mass is 10.2. The summed E-state index contributed by atoms with van der Waals surface area (Å²) in [5.74, 6) is -1.80. The van der Waals surface area contributed by atoms with Gasteiger partial charge in [0.1, 0.15) is 16.7 Å². The first kappa shape index (κ1) is 12.8. The van der Waals surface area contributed by atoms with Crippen molar-refractivity contribution in [2.45, 2.75) is 11.7 Å². The second-order valence-corrected chi connectivity index (χ2v) is 5.87. The molecule has 1 aromatic rings. The molecule has 0 radical (unpaired) electrons. The summed E-state index contributed by atoms with van der Waals surface area (Å²) in [6, 6.07) is 3.58. The van der Waals surface area contributed by atoms with Gasteiger partial charge in [0, 0.05) is 13.0 Å². The molecule has 3 N–H and O–H groups in total. The van der Waals surface area contributed by atoms with Crippen LogP contribution in [0, 0.1) is 5.82 Å². The van der Waals surface area contributed by atoms with Crippen LogP contribution >= 0.6 is 0 Å². The fourth-order valence-electron chi connectivity index (χ4n) is 1.88. The highest BCUT2D eigenvalue weighted by molar-refractivity contribution is 7.89. The number of nitrogens with two attached hydrogens (primary N) is 1. The molecule has 0 saturated carbocycles. The van der Waals surface area contributed by atoms with Gasteiger partial charge in [-0.15, -0.1) is 0 Å². The molecule has 1 amide bonds. The minimum atomic E-state index is -3.87.